The van der Waals surface area contributed by atoms with Crippen LogP contribution in [0.2, 0.25) is 0 Å². The second-order valence-electron chi connectivity index (χ2n) is 6.45. The molecular formula is C23H20FNO6. The fourth-order valence-electron chi connectivity index (χ4n) is 2.66. The summed E-state index contributed by atoms with van der Waals surface area (Å²) in [4.78, 5) is 23.0. The first kappa shape index (κ1) is 21.6. The van der Waals surface area contributed by atoms with E-state index in [0.29, 0.717) is 28.3 Å². The average molecular weight is 425 g/mol. The van der Waals surface area contributed by atoms with Crippen molar-refractivity contribution in [3.05, 3.63) is 83.7 Å². The van der Waals surface area contributed by atoms with Crippen molar-refractivity contribution in [2.24, 2.45) is 0 Å². The second-order valence-corrected chi connectivity index (χ2v) is 6.45. The molecule has 0 bridgehead atoms. The number of rotatable bonds is 9. The highest BCUT2D eigenvalue weighted by Gasteiger charge is 2.10. The molecule has 0 aliphatic rings. The van der Waals surface area contributed by atoms with E-state index in [1.165, 1.54) is 12.1 Å². The maximum absolute atomic E-state index is 14.0. The summed E-state index contributed by atoms with van der Waals surface area (Å²) in [6.07, 6.45) is 0. The lowest BCUT2D eigenvalue weighted by molar-refractivity contribution is -0.139. The molecule has 7 nitrogen and oxygen atoms in total. The van der Waals surface area contributed by atoms with Crippen molar-refractivity contribution in [1.82, 2.24) is 0 Å². The predicted molar refractivity (Wildman–Crippen MR) is 111 cm³/mol. The Morgan fingerprint density at radius 2 is 1.74 bits per heavy atom. The third-order valence-electron chi connectivity index (χ3n) is 4.20. The number of carboxylic acids is 1. The summed E-state index contributed by atoms with van der Waals surface area (Å²) < 4.78 is 29.6. The van der Waals surface area contributed by atoms with Gasteiger partial charge in [-0.2, -0.15) is 0 Å². The van der Waals surface area contributed by atoms with Crippen LogP contribution in [0.1, 0.15) is 15.9 Å². The van der Waals surface area contributed by atoms with Gasteiger partial charge >= 0.3 is 5.97 Å². The van der Waals surface area contributed by atoms with Gasteiger partial charge < -0.3 is 24.6 Å². The summed E-state index contributed by atoms with van der Waals surface area (Å²) in [6.45, 7) is -0.572. The Hall–Kier alpha value is -4.07. The van der Waals surface area contributed by atoms with Crippen LogP contribution in [0, 0.1) is 5.82 Å². The molecule has 0 radical (unpaired) electrons. The Labute approximate surface area is 178 Å². The minimum absolute atomic E-state index is 0.0552. The van der Waals surface area contributed by atoms with Gasteiger partial charge in [0.1, 0.15) is 18.1 Å². The second kappa shape index (κ2) is 10.1. The normalized spacial score (nSPS) is 10.3. The molecule has 0 aromatic heterocycles. The van der Waals surface area contributed by atoms with Gasteiger partial charge in [-0.1, -0.05) is 12.1 Å². The van der Waals surface area contributed by atoms with Gasteiger partial charge in [0.05, 0.1) is 7.11 Å². The number of carbonyl (C=O) groups excluding carboxylic acids is 1. The van der Waals surface area contributed by atoms with Crippen molar-refractivity contribution < 1.29 is 33.3 Å². The molecule has 3 rings (SSSR count). The number of hydrogen-bond acceptors (Lipinski definition) is 5. The first-order chi connectivity index (χ1) is 14.9. The molecular weight excluding hydrogens is 405 g/mol. The number of ether oxygens (including phenoxy) is 3. The Morgan fingerprint density at radius 1 is 0.968 bits per heavy atom. The predicted octanol–water partition coefficient (Wildman–Crippen LogP) is 4.13. The molecule has 0 saturated carbocycles. The Kier molecular flexibility index (Phi) is 7.05. The van der Waals surface area contributed by atoms with E-state index in [2.05, 4.69) is 5.32 Å². The van der Waals surface area contributed by atoms with Crippen molar-refractivity contribution in [2.75, 3.05) is 19.0 Å². The molecule has 0 atom stereocenters. The lowest BCUT2D eigenvalue weighted by Gasteiger charge is -2.10. The maximum atomic E-state index is 14.0. The summed E-state index contributed by atoms with van der Waals surface area (Å²) in [5.41, 5.74) is 1.54. The standard InChI is InChI=1S/C23H20FNO6/c1-29-18-8-6-17(7-9-18)25-23(28)16-3-2-4-19(12-16)30-13-15-5-10-21(20(24)11-15)31-14-22(26)27/h2-12H,13-14H2,1H3,(H,25,28)(H,26,27). The number of anilines is 1. The topological polar surface area (TPSA) is 94.1 Å². The van der Waals surface area contributed by atoms with Crippen LogP contribution in [0.15, 0.2) is 66.7 Å². The number of methoxy groups -OCH3 is 1. The minimum atomic E-state index is -1.19. The summed E-state index contributed by atoms with van der Waals surface area (Å²) in [5.74, 6) is -1.21. The van der Waals surface area contributed by atoms with E-state index in [9.17, 15) is 14.0 Å². The monoisotopic (exact) mass is 425 g/mol. The number of halogens is 1. The van der Waals surface area contributed by atoms with Crippen LogP contribution in [-0.2, 0) is 11.4 Å². The summed E-state index contributed by atoms with van der Waals surface area (Å²) in [7, 11) is 1.56. The zero-order valence-corrected chi connectivity index (χ0v) is 16.6. The summed E-state index contributed by atoms with van der Waals surface area (Å²) in [6, 6.07) is 17.7. The Morgan fingerprint density at radius 3 is 2.42 bits per heavy atom. The van der Waals surface area contributed by atoms with Gasteiger partial charge in [0.2, 0.25) is 0 Å². The molecule has 0 aliphatic carbocycles. The molecule has 2 N–H and O–H groups in total. The zero-order valence-electron chi connectivity index (χ0n) is 16.6. The third-order valence-corrected chi connectivity index (χ3v) is 4.20. The number of carboxylic acid groups (broad SMARTS) is 1. The lowest BCUT2D eigenvalue weighted by atomic mass is 10.2. The fraction of sp³-hybridized carbons (Fsp3) is 0.130. The molecule has 160 valence electrons. The van der Waals surface area contributed by atoms with Crippen LogP contribution >= 0.6 is 0 Å². The number of aliphatic carboxylic acids is 1. The van der Waals surface area contributed by atoms with Crippen molar-refractivity contribution in [1.29, 1.82) is 0 Å². The molecule has 3 aromatic carbocycles. The van der Waals surface area contributed by atoms with E-state index >= 15 is 0 Å². The number of nitrogens with one attached hydrogen (secondary N) is 1. The average Bonchev–Trinajstić information content (AvgIpc) is 2.77. The Bertz CT molecular complexity index is 1070. The van der Waals surface area contributed by atoms with Crippen molar-refractivity contribution in [3.8, 4) is 17.2 Å². The number of carbonyl (C=O) groups is 2. The van der Waals surface area contributed by atoms with Crippen LogP contribution in [0.4, 0.5) is 10.1 Å². The summed E-state index contributed by atoms with van der Waals surface area (Å²) in [5, 5.41) is 11.4. The van der Waals surface area contributed by atoms with Gasteiger partial charge in [-0.3, -0.25) is 4.79 Å². The summed E-state index contributed by atoms with van der Waals surface area (Å²) >= 11 is 0. The first-order valence-electron chi connectivity index (χ1n) is 9.26. The number of benzene rings is 3. The molecule has 0 fully saturated rings. The van der Waals surface area contributed by atoms with Gasteiger partial charge in [0.25, 0.3) is 5.91 Å². The van der Waals surface area contributed by atoms with Gasteiger partial charge in [-0.05, 0) is 60.2 Å². The number of amides is 1. The fourth-order valence-corrected chi connectivity index (χ4v) is 2.66. The van der Waals surface area contributed by atoms with Crippen molar-refractivity contribution in [2.45, 2.75) is 6.61 Å². The van der Waals surface area contributed by atoms with E-state index in [1.54, 1.807) is 61.7 Å². The van der Waals surface area contributed by atoms with E-state index in [0.717, 1.165) is 0 Å². The molecule has 0 aliphatic heterocycles. The smallest absolute Gasteiger partial charge is 0.341 e. The van der Waals surface area contributed by atoms with Gasteiger partial charge in [-0.25, -0.2) is 9.18 Å². The molecule has 1 amide bonds. The van der Waals surface area contributed by atoms with E-state index in [4.69, 9.17) is 19.3 Å². The van der Waals surface area contributed by atoms with Gasteiger partial charge in [-0.15, -0.1) is 0 Å². The van der Waals surface area contributed by atoms with E-state index in [1.807, 2.05) is 0 Å². The highest BCUT2D eigenvalue weighted by molar-refractivity contribution is 6.04. The molecule has 0 unspecified atom stereocenters. The van der Waals surface area contributed by atoms with E-state index in [-0.39, 0.29) is 18.3 Å². The van der Waals surface area contributed by atoms with Crippen molar-refractivity contribution in [3.63, 3.8) is 0 Å². The minimum Gasteiger partial charge on any atom is -0.497 e. The Balaban J connectivity index is 1.60. The molecule has 31 heavy (non-hydrogen) atoms. The van der Waals surface area contributed by atoms with Crippen LogP contribution < -0.4 is 19.5 Å². The SMILES string of the molecule is COc1ccc(NC(=O)c2cccc(OCc3ccc(OCC(=O)O)c(F)c3)c2)cc1. The number of hydrogen-bond donors (Lipinski definition) is 2. The highest BCUT2D eigenvalue weighted by atomic mass is 19.1. The lowest BCUT2D eigenvalue weighted by Crippen LogP contribution is -2.12. The molecule has 0 saturated heterocycles. The molecule has 0 heterocycles. The first-order valence-corrected chi connectivity index (χ1v) is 9.26. The van der Waals surface area contributed by atoms with Crippen LogP contribution in [-0.4, -0.2) is 30.7 Å². The van der Waals surface area contributed by atoms with Gasteiger partial charge in [0, 0.05) is 11.3 Å². The maximum Gasteiger partial charge on any atom is 0.341 e. The molecule has 8 heteroatoms. The largest absolute Gasteiger partial charge is 0.497 e. The molecule has 3 aromatic rings. The van der Waals surface area contributed by atoms with Crippen molar-refractivity contribution >= 4 is 17.6 Å². The highest BCUT2D eigenvalue weighted by Crippen LogP contribution is 2.21. The van der Waals surface area contributed by atoms with E-state index < -0.39 is 18.4 Å². The molecule has 0 spiro atoms. The van der Waals surface area contributed by atoms with Crippen LogP contribution in [0.3, 0.4) is 0 Å². The van der Waals surface area contributed by atoms with Crippen LogP contribution in [0.5, 0.6) is 17.2 Å². The zero-order chi connectivity index (χ0) is 22.2. The third kappa shape index (κ3) is 6.20. The van der Waals surface area contributed by atoms with Crippen LogP contribution in [0.25, 0.3) is 0 Å². The quantitative estimate of drug-likeness (QED) is 0.535. The van der Waals surface area contributed by atoms with Gasteiger partial charge in [0.15, 0.2) is 18.2 Å².